The van der Waals surface area contributed by atoms with Crippen LogP contribution < -0.4 is 5.32 Å². The Hall–Kier alpha value is -0.0800. The van der Waals surface area contributed by atoms with Crippen molar-refractivity contribution < 1.29 is 0 Å². The molecule has 98 valence electrons. The van der Waals surface area contributed by atoms with Crippen LogP contribution in [0.3, 0.4) is 0 Å². The van der Waals surface area contributed by atoms with Crippen molar-refractivity contribution in [3.63, 3.8) is 0 Å². The van der Waals surface area contributed by atoms with Gasteiger partial charge in [0.15, 0.2) is 0 Å². The summed E-state index contributed by atoms with van der Waals surface area (Å²) in [6, 6.07) is 0.675. The quantitative estimate of drug-likeness (QED) is 0.609. The minimum absolute atomic E-state index is 0.354. The van der Waals surface area contributed by atoms with Crippen LogP contribution in [0.5, 0.6) is 0 Å². The maximum absolute atomic E-state index is 3.46. The molecule has 0 radical (unpaired) electrons. The smallest absolute Gasteiger partial charge is 0.0147 e. The first-order valence-corrected chi connectivity index (χ1v) is 6.88. The van der Waals surface area contributed by atoms with Crippen LogP contribution in [-0.2, 0) is 0 Å². The lowest BCUT2D eigenvalue weighted by Crippen LogP contribution is -2.41. The van der Waals surface area contributed by atoms with Gasteiger partial charge in [0.25, 0.3) is 0 Å². The molecule has 0 saturated heterocycles. The number of rotatable bonds is 9. The number of hydrogen-bond acceptors (Lipinski definition) is 2. The van der Waals surface area contributed by atoms with Gasteiger partial charge in [0, 0.05) is 11.6 Å². The molecule has 0 aliphatic carbocycles. The molecule has 0 rings (SSSR count). The average molecular weight is 228 g/mol. The molecule has 16 heavy (non-hydrogen) atoms. The molecule has 0 heterocycles. The number of hydrogen-bond donors (Lipinski definition) is 1. The van der Waals surface area contributed by atoms with Gasteiger partial charge >= 0.3 is 0 Å². The van der Waals surface area contributed by atoms with Crippen molar-refractivity contribution in [3.05, 3.63) is 0 Å². The van der Waals surface area contributed by atoms with Crippen LogP contribution in [0.25, 0.3) is 0 Å². The summed E-state index contributed by atoms with van der Waals surface area (Å²) in [5.74, 6) is 0. The molecule has 0 aromatic rings. The Bertz CT molecular complexity index is 166. The lowest BCUT2D eigenvalue weighted by Gasteiger charge is -2.34. The molecule has 2 heteroatoms. The van der Waals surface area contributed by atoms with Gasteiger partial charge in [0.05, 0.1) is 0 Å². The summed E-state index contributed by atoms with van der Waals surface area (Å²) >= 11 is 0. The monoisotopic (exact) mass is 228 g/mol. The molecule has 0 spiro atoms. The number of nitrogens with zero attached hydrogens (tertiary/aromatic N) is 1. The van der Waals surface area contributed by atoms with Crippen LogP contribution in [0, 0.1) is 0 Å². The summed E-state index contributed by atoms with van der Waals surface area (Å²) in [6.07, 6.45) is 5.17. The third-order valence-corrected chi connectivity index (χ3v) is 3.83. The van der Waals surface area contributed by atoms with Gasteiger partial charge in [0.1, 0.15) is 0 Å². The molecule has 1 N–H and O–H groups in total. The second kappa shape index (κ2) is 8.08. The Morgan fingerprint density at radius 1 is 1.19 bits per heavy atom. The fraction of sp³-hybridized carbons (Fsp3) is 1.00. The molecule has 0 aromatic carbocycles. The zero-order valence-corrected chi connectivity index (χ0v) is 12.3. The van der Waals surface area contributed by atoms with Crippen molar-refractivity contribution in [2.75, 3.05) is 20.1 Å². The van der Waals surface area contributed by atoms with E-state index in [1.165, 1.54) is 32.2 Å². The molecule has 0 fully saturated rings. The number of unbranched alkanes of at least 4 members (excludes halogenated alkanes) is 1. The summed E-state index contributed by atoms with van der Waals surface area (Å²) in [5.41, 5.74) is 0.354. The summed E-state index contributed by atoms with van der Waals surface area (Å²) in [5, 5.41) is 3.46. The zero-order valence-electron chi connectivity index (χ0n) is 12.3. The maximum atomic E-state index is 3.46. The molecular formula is C14H32N2. The van der Waals surface area contributed by atoms with E-state index >= 15 is 0 Å². The highest BCUT2D eigenvalue weighted by atomic mass is 15.2. The predicted octanol–water partition coefficient (Wildman–Crippen LogP) is 3.28. The van der Waals surface area contributed by atoms with E-state index in [0.717, 1.165) is 6.54 Å². The lowest BCUT2D eigenvalue weighted by atomic mass is 9.99. The Balaban J connectivity index is 3.59. The molecule has 0 amide bonds. The highest BCUT2D eigenvalue weighted by molar-refractivity contribution is 4.77. The van der Waals surface area contributed by atoms with Gasteiger partial charge in [-0.3, -0.25) is 0 Å². The SMILES string of the molecule is CCNC(C)CCCCN(C)C(C)(C)CC. The van der Waals surface area contributed by atoms with Crippen LogP contribution in [0.4, 0.5) is 0 Å². The van der Waals surface area contributed by atoms with Gasteiger partial charge in [-0.25, -0.2) is 0 Å². The van der Waals surface area contributed by atoms with E-state index in [-0.39, 0.29) is 0 Å². The third kappa shape index (κ3) is 6.49. The van der Waals surface area contributed by atoms with Crippen LogP contribution in [0.15, 0.2) is 0 Å². The zero-order chi connectivity index (χ0) is 12.6. The summed E-state index contributed by atoms with van der Waals surface area (Å²) in [4.78, 5) is 2.49. The van der Waals surface area contributed by atoms with E-state index in [1.807, 2.05) is 0 Å². The Morgan fingerprint density at radius 3 is 2.31 bits per heavy atom. The van der Waals surface area contributed by atoms with Crippen LogP contribution in [0.2, 0.25) is 0 Å². The fourth-order valence-corrected chi connectivity index (χ4v) is 1.82. The maximum Gasteiger partial charge on any atom is 0.0147 e. The van der Waals surface area contributed by atoms with Gasteiger partial charge in [-0.2, -0.15) is 0 Å². The van der Waals surface area contributed by atoms with Crippen molar-refractivity contribution in [1.82, 2.24) is 10.2 Å². The van der Waals surface area contributed by atoms with E-state index < -0.39 is 0 Å². The van der Waals surface area contributed by atoms with Gasteiger partial charge in [-0.1, -0.05) is 20.3 Å². The van der Waals surface area contributed by atoms with Gasteiger partial charge < -0.3 is 10.2 Å². The molecule has 2 nitrogen and oxygen atoms in total. The first-order valence-electron chi connectivity index (χ1n) is 6.88. The van der Waals surface area contributed by atoms with Crippen molar-refractivity contribution in [3.8, 4) is 0 Å². The van der Waals surface area contributed by atoms with Gasteiger partial charge in [0.2, 0.25) is 0 Å². The standard InChI is InChI=1S/C14H32N2/c1-7-14(4,5)16(6)12-10-9-11-13(3)15-8-2/h13,15H,7-12H2,1-6H3. The first kappa shape index (κ1) is 15.9. The normalized spacial score (nSPS) is 14.4. The van der Waals surface area contributed by atoms with E-state index in [2.05, 4.69) is 51.9 Å². The van der Waals surface area contributed by atoms with Crippen molar-refractivity contribution in [2.24, 2.45) is 0 Å². The van der Waals surface area contributed by atoms with Crippen LogP contribution >= 0.6 is 0 Å². The summed E-state index contributed by atoms with van der Waals surface area (Å²) in [6.45, 7) is 13.7. The summed E-state index contributed by atoms with van der Waals surface area (Å²) < 4.78 is 0. The molecule has 0 bridgehead atoms. The number of nitrogens with one attached hydrogen (secondary N) is 1. The highest BCUT2D eigenvalue weighted by Crippen LogP contribution is 2.17. The van der Waals surface area contributed by atoms with E-state index in [9.17, 15) is 0 Å². The van der Waals surface area contributed by atoms with Crippen molar-refractivity contribution >= 4 is 0 Å². The topological polar surface area (TPSA) is 15.3 Å². The van der Waals surface area contributed by atoms with E-state index in [4.69, 9.17) is 0 Å². The predicted molar refractivity (Wildman–Crippen MR) is 74.0 cm³/mol. The average Bonchev–Trinajstić information content (AvgIpc) is 2.24. The third-order valence-electron chi connectivity index (χ3n) is 3.83. The van der Waals surface area contributed by atoms with Gasteiger partial charge in [-0.15, -0.1) is 0 Å². The van der Waals surface area contributed by atoms with E-state index in [0.29, 0.717) is 11.6 Å². The lowest BCUT2D eigenvalue weighted by molar-refractivity contribution is 0.148. The first-order chi connectivity index (χ1) is 7.44. The molecular weight excluding hydrogens is 196 g/mol. The Kier molecular flexibility index (Phi) is 8.04. The van der Waals surface area contributed by atoms with E-state index in [1.54, 1.807) is 0 Å². The fourth-order valence-electron chi connectivity index (χ4n) is 1.82. The highest BCUT2D eigenvalue weighted by Gasteiger charge is 2.19. The second-order valence-electron chi connectivity index (χ2n) is 5.54. The van der Waals surface area contributed by atoms with Crippen LogP contribution in [-0.4, -0.2) is 36.6 Å². The summed E-state index contributed by atoms with van der Waals surface area (Å²) in [7, 11) is 2.25. The minimum Gasteiger partial charge on any atom is -0.315 e. The van der Waals surface area contributed by atoms with Crippen LogP contribution in [0.1, 0.15) is 60.3 Å². The van der Waals surface area contributed by atoms with Crippen molar-refractivity contribution in [1.29, 1.82) is 0 Å². The molecule has 0 saturated carbocycles. The molecule has 1 atom stereocenters. The van der Waals surface area contributed by atoms with Gasteiger partial charge in [-0.05, 0) is 60.2 Å². The molecule has 0 aliphatic rings. The van der Waals surface area contributed by atoms with Crippen molar-refractivity contribution in [2.45, 2.75) is 71.9 Å². The Labute approximate surface area is 103 Å². The molecule has 0 aliphatic heterocycles. The minimum atomic E-state index is 0.354. The molecule has 1 unspecified atom stereocenters. The molecule has 0 aromatic heterocycles. The Morgan fingerprint density at radius 2 is 1.81 bits per heavy atom. The second-order valence-corrected chi connectivity index (χ2v) is 5.54. The largest absolute Gasteiger partial charge is 0.315 e.